The van der Waals surface area contributed by atoms with Gasteiger partial charge in [-0.05, 0) is 27.2 Å². The SMILES string of the molecule is CCC(N)C(=O)N(C)C(C)(C)C. The molecule has 3 nitrogen and oxygen atoms in total. The van der Waals surface area contributed by atoms with E-state index < -0.39 is 0 Å². The van der Waals surface area contributed by atoms with Crippen molar-refractivity contribution in [3.8, 4) is 0 Å². The number of carbonyl (C=O) groups excluding carboxylic acids is 1. The molecule has 72 valence electrons. The van der Waals surface area contributed by atoms with Crippen LogP contribution in [-0.2, 0) is 4.79 Å². The average molecular weight is 172 g/mol. The van der Waals surface area contributed by atoms with Gasteiger partial charge in [-0.15, -0.1) is 0 Å². The van der Waals surface area contributed by atoms with Crippen molar-refractivity contribution >= 4 is 5.91 Å². The van der Waals surface area contributed by atoms with Gasteiger partial charge in [-0.25, -0.2) is 0 Å². The van der Waals surface area contributed by atoms with Crippen LogP contribution in [0.2, 0.25) is 0 Å². The van der Waals surface area contributed by atoms with Crippen LogP contribution in [0.3, 0.4) is 0 Å². The van der Waals surface area contributed by atoms with Crippen LogP contribution < -0.4 is 5.73 Å². The van der Waals surface area contributed by atoms with E-state index in [9.17, 15) is 4.79 Å². The molecule has 0 saturated heterocycles. The lowest BCUT2D eigenvalue weighted by Gasteiger charge is -2.33. The Balaban J connectivity index is 4.30. The van der Waals surface area contributed by atoms with Crippen molar-refractivity contribution in [2.75, 3.05) is 7.05 Å². The van der Waals surface area contributed by atoms with Crippen molar-refractivity contribution in [3.63, 3.8) is 0 Å². The quantitative estimate of drug-likeness (QED) is 0.675. The van der Waals surface area contributed by atoms with Gasteiger partial charge in [0.1, 0.15) is 0 Å². The van der Waals surface area contributed by atoms with Gasteiger partial charge in [-0.2, -0.15) is 0 Å². The second-order valence-electron chi connectivity index (χ2n) is 4.08. The maximum atomic E-state index is 11.5. The van der Waals surface area contributed by atoms with Crippen molar-refractivity contribution in [2.45, 2.75) is 45.7 Å². The van der Waals surface area contributed by atoms with Crippen LogP contribution >= 0.6 is 0 Å². The Hall–Kier alpha value is -0.570. The molecule has 1 amide bonds. The minimum Gasteiger partial charge on any atom is -0.340 e. The lowest BCUT2D eigenvalue weighted by Crippen LogP contribution is -2.49. The van der Waals surface area contributed by atoms with Crippen LogP contribution in [-0.4, -0.2) is 29.4 Å². The molecule has 12 heavy (non-hydrogen) atoms. The van der Waals surface area contributed by atoms with Crippen molar-refractivity contribution in [2.24, 2.45) is 5.73 Å². The molecule has 0 saturated carbocycles. The molecule has 0 radical (unpaired) electrons. The summed E-state index contributed by atoms with van der Waals surface area (Å²) in [5.41, 5.74) is 5.49. The van der Waals surface area contributed by atoms with Crippen molar-refractivity contribution < 1.29 is 4.79 Å². The van der Waals surface area contributed by atoms with E-state index in [4.69, 9.17) is 5.73 Å². The minimum atomic E-state index is -0.353. The second-order valence-corrected chi connectivity index (χ2v) is 4.08. The molecule has 1 unspecified atom stereocenters. The summed E-state index contributed by atoms with van der Waals surface area (Å²) in [6.07, 6.45) is 0.694. The average Bonchev–Trinajstić information content (AvgIpc) is 1.98. The highest BCUT2D eigenvalue weighted by Crippen LogP contribution is 2.11. The number of likely N-dealkylation sites (N-methyl/N-ethyl adjacent to an activating group) is 1. The van der Waals surface area contributed by atoms with E-state index in [-0.39, 0.29) is 17.5 Å². The third-order valence-electron chi connectivity index (χ3n) is 2.09. The normalized spacial score (nSPS) is 14.2. The molecule has 1 atom stereocenters. The van der Waals surface area contributed by atoms with Crippen molar-refractivity contribution in [3.05, 3.63) is 0 Å². The van der Waals surface area contributed by atoms with Gasteiger partial charge < -0.3 is 10.6 Å². The zero-order valence-corrected chi connectivity index (χ0v) is 8.72. The largest absolute Gasteiger partial charge is 0.340 e. The summed E-state index contributed by atoms with van der Waals surface area (Å²) in [4.78, 5) is 13.2. The maximum absolute atomic E-state index is 11.5. The number of amides is 1. The predicted molar refractivity (Wildman–Crippen MR) is 50.8 cm³/mol. The molecule has 0 aliphatic carbocycles. The number of nitrogens with two attached hydrogens (primary N) is 1. The van der Waals surface area contributed by atoms with Gasteiger partial charge in [0, 0.05) is 12.6 Å². The van der Waals surface area contributed by atoms with E-state index in [0.717, 1.165) is 0 Å². The second kappa shape index (κ2) is 3.90. The summed E-state index contributed by atoms with van der Waals surface area (Å²) >= 11 is 0. The highest BCUT2D eigenvalue weighted by Gasteiger charge is 2.25. The first-order valence-corrected chi connectivity index (χ1v) is 4.34. The number of hydrogen-bond donors (Lipinski definition) is 1. The lowest BCUT2D eigenvalue weighted by molar-refractivity contribution is -0.135. The fourth-order valence-corrected chi connectivity index (χ4v) is 0.754. The molecule has 0 aromatic carbocycles. The highest BCUT2D eigenvalue weighted by molar-refractivity contribution is 5.81. The molecule has 0 fully saturated rings. The van der Waals surface area contributed by atoms with Crippen LogP contribution in [0.15, 0.2) is 0 Å². The highest BCUT2D eigenvalue weighted by atomic mass is 16.2. The standard InChI is InChI=1S/C9H20N2O/c1-6-7(10)8(12)11(5)9(2,3)4/h7H,6,10H2,1-5H3. The molecule has 0 rings (SSSR count). The van der Waals surface area contributed by atoms with Gasteiger partial charge in [0.05, 0.1) is 6.04 Å². The molecule has 0 spiro atoms. The first kappa shape index (κ1) is 11.4. The summed E-state index contributed by atoms with van der Waals surface area (Å²) in [6.45, 7) is 7.90. The van der Waals surface area contributed by atoms with Gasteiger partial charge >= 0.3 is 0 Å². The summed E-state index contributed by atoms with van der Waals surface area (Å²) in [5, 5.41) is 0. The van der Waals surface area contributed by atoms with Gasteiger partial charge in [-0.1, -0.05) is 6.92 Å². The maximum Gasteiger partial charge on any atom is 0.239 e. The summed E-state index contributed by atoms with van der Waals surface area (Å²) in [5.74, 6) is 0.0185. The number of hydrogen-bond acceptors (Lipinski definition) is 2. The number of rotatable bonds is 2. The topological polar surface area (TPSA) is 46.3 Å². The van der Waals surface area contributed by atoms with Crippen LogP contribution in [0.5, 0.6) is 0 Å². The Morgan fingerprint density at radius 1 is 1.50 bits per heavy atom. The zero-order valence-electron chi connectivity index (χ0n) is 8.72. The Bertz CT molecular complexity index is 160. The molecule has 0 aromatic rings. The molecule has 2 N–H and O–H groups in total. The molecule has 0 aliphatic heterocycles. The molecule has 3 heteroatoms. The van der Waals surface area contributed by atoms with Crippen LogP contribution in [0.25, 0.3) is 0 Å². The molecular formula is C9H20N2O. The van der Waals surface area contributed by atoms with Gasteiger partial charge in [-0.3, -0.25) is 4.79 Å². The van der Waals surface area contributed by atoms with Gasteiger partial charge in [0.15, 0.2) is 0 Å². The van der Waals surface area contributed by atoms with Crippen LogP contribution in [0.1, 0.15) is 34.1 Å². The smallest absolute Gasteiger partial charge is 0.239 e. The molecular weight excluding hydrogens is 152 g/mol. The Kier molecular flexibility index (Phi) is 3.71. The van der Waals surface area contributed by atoms with E-state index in [1.165, 1.54) is 0 Å². The predicted octanol–water partition coefficient (Wildman–Crippen LogP) is 0.981. The Labute approximate surface area is 74.9 Å². The van der Waals surface area contributed by atoms with E-state index in [2.05, 4.69) is 0 Å². The summed E-state index contributed by atoms with van der Waals surface area (Å²) in [6, 6.07) is -0.353. The molecule has 0 aliphatic rings. The monoisotopic (exact) mass is 172 g/mol. The van der Waals surface area contributed by atoms with Crippen LogP contribution in [0.4, 0.5) is 0 Å². The third kappa shape index (κ3) is 2.81. The zero-order chi connectivity index (χ0) is 9.94. The van der Waals surface area contributed by atoms with E-state index in [0.29, 0.717) is 6.42 Å². The van der Waals surface area contributed by atoms with Crippen molar-refractivity contribution in [1.82, 2.24) is 4.90 Å². The van der Waals surface area contributed by atoms with E-state index >= 15 is 0 Å². The molecule has 0 heterocycles. The number of carbonyl (C=O) groups is 1. The number of nitrogens with zero attached hydrogens (tertiary/aromatic N) is 1. The van der Waals surface area contributed by atoms with E-state index in [1.54, 1.807) is 11.9 Å². The fourth-order valence-electron chi connectivity index (χ4n) is 0.754. The third-order valence-corrected chi connectivity index (χ3v) is 2.09. The van der Waals surface area contributed by atoms with Crippen molar-refractivity contribution in [1.29, 1.82) is 0 Å². The van der Waals surface area contributed by atoms with Gasteiger partial charge in [0.2, 0.25) is 5.91 Å². The lowest BCUT2D eigenvalue weighted by atomic mass is 10.1. The van der Waals surface area contributed by atoms with E-state index in [1.807, 2.05) is 27.7 Å². The van der Waals surface area contributed by atoms with Gasteiger partial charge in [0.25, 0.3) is 0 Å². The molecule has 0 aromatic heterocycles. The molecule has 0 bridgehead atoms. The summed E-state index contributed by atoms with van der Waals surface area (Å²) in [7, 11) is 1.79. The Morgan fingerprint density at radius 3 is 2.17 bits per heavy atom. The fraction of sp³-hybridized carbons (Fsp3) is 0.889. The minimum absolute atomic E-state index is 0.0185. The first-order chi connectivity index (χ1) is 5.30. The van der Waals surface area contributed by atoms with Crippen LogP contribution in [0, 0.1) is 0 Å². The Morgan fingerprint density at radius 2 is 1.92 bits per heavy atom. The summed E-state index contributed by atoms with van der Waals surface area (Å²) < 4.78 is 0. The first-order valence-electron chi connectivity index (χ1n) is 4.34.